The first kappa shape index (κ1) is 13.8. The fourth-order valence-electron chi connectivity index (χ4n) is 1.90. The van der Waals surface area contributed by atoms with E-state index in [1.807, 2.05) is 6.92 Å². The molecule has 0 atom stereocenters. The quantitative estimate of drug-likeness (QED) is 0.480. The molecule has 4 N–H and O–H groups in total. The molecule has 17 heavy (non-hydrogen) atoms. The third-order valence-corrected chi connectivity index (χ3v) is 3.13. The largest absolute Gasteiger partial charge is 0.387 e. The normalized spacial score (nSPS) is 17.8. The van der Waals surface area contributed by atoms with Crippen molar-refractivity contribution in [1.29, 1.82) is 5.41 Å². The average Bonchev–Trinajstić information content (AvgIpc) is 2.30. The summed E-state index contributed by atoms with van der Waals surface area (Å²) in [5, 5.41) is 10.3. The number of nitrogens with two attached hydrogens (primary N) is 1. The number of nitrogens with one attached hydrogen (secondary N) is 2. The highest BCUT2D eigenvalue weighted by molar-refractivity contribution is 5.79. The molecular weight excluding hydrogens is 218 g/mol. The average molecular weight is 241 g/mol. The topological polar surface area (TPSA) is 85.5 Å². The number of hydrogen-bond acceptors (Lipinski definition) is 3. The smallest absolute Gasteiger partial charge is 0.317 e. The second kappa shape index (κ2) is 6.44. The van der Waals surface area contributed by atoms with Gasteiger partial charge in [0.05, 0.1) is 6.54 Å². The van der Waals surface area contributed by atoms with Crippen LogP contribution in [0.3, 0.4) is 0 Å². The molecule has 1 saturated heterocycles. The van der Waals surface area contributed by atoms with Crippen LogP contribution in [-0.2, 0) is 0 Å². The molecule has 0 bridgehead atoms. The van der Waals surface area contributed by atoms with Gasteiger partial charge in [-0.15, -0.1) is 0 Å². The highest BCUT2D eigenvalue weighted by Gasteiger charge is 2.21. The van der Waals surface area contributed by atoms with E-state index in [0.29, 0.717) is 6.54 Å². The number of carbonyl (C=O) groups excluding carboxylic acids is 1. The fraction of sp³-hybridized carbons (Fsp3) is 0.818. The molecule has 98 valence electrons. The predicted molar refractivity (Wildman–Crippen MR) is 68.2 cm³/mol. The lowest BCUT2D eigenvalue weighted by molar-refractivity contribution is 0.187. The second-order valence-corrected chi connectivity index (χ2v) is 4.54. The minimum absolute atomic E-state index is 0.00230. The molecule has 1 fully saturated rings. The zero-order valence-corrected chi connectivity index (χ0v) is 10.7. The summed E-state index contributed by atoms with van der Waals surface area (Å²) in [5.41, 5.74) is 5.36. The molecule has 2 amide bonds. The molecule has 0 aromatic carbocycles. The molecule has 6 heteroatoms. The SMILES string of the molecule is CCN(C)C(=O)NC1CCN(CC(=N)N)CC1. The fourth-order valence-corrected chi connectivity index (χ4v) is 1.90. The second-order valence-electron chi connectivity index (χ2n) is 4.54. The summed E-state index contributed by atoms with van der Waals surface area (Å²) in [4.78, 5) is 15.5. The van der Waals surface area contributed by atoms with Gasteiger partial charge in [-0.1, -0.05) is 0 Å². The first-order valence-electron chi connectivity index (χ1n) is 6.09. The molecule has 1 aliphatic heterocycles. The lowest BCUT2D eigenvalue weighted by atomic mass is 10.1. The van der Waals surface area contributed by atoms with Crippen molar-refractivity contribution in [2.75, 3.05) is 33.2 Å². The molecule has 0 aromatic heterocycles. The van der Waals surface area contributed by atoms with Crippen LogP contribution in [0.4, 0.5) is 4.79 Å². The van der Waals surface area contributed by atoms with E-state index < -0.39 is 0 Å². The van der Waals surface area contributed by atoms with Gasteiger partial charge in [-0.25, -0.2) is 4.79 Å². The third kappa shape index (κ3) is 4.60. The summed E-state index contributed by atoms with van der Waals surface area (Å²) >= 11 is 0. The summed E-state index contributed by atoms with van der Waals surface area (Å²) < 4.78 is 0. The molecule has 6 nitrogen and oxygen atoms in total. The number of rotatable bonds is 4. The molecule has 1 aliphatic rings. The number of nitrogens with zero attached hydrogens (tertiary/aromatic N) is 2. The van der Waals surface area contributed by atoms with E-state index >= 15 is 0 Å². The Kier molecular flexibility index (Phi) is 5.21. The Morgan fingerprint density at radius 1 is 1.53 bits per heavy atom. The van der Waals surface area contributed by atoms with Gasteiger partial charge in [-0.05, 0) is 19.8 Å². The van der Waals surface area contributed by atoms with E-state index in [4.69, 9.17) is 11.1 Å². The van der Waals surface area contributed by atoms with Gasteiger partial charge in [-0.2, -0.15) is 0 Å². The van der Waals surface area contributed by atoms with Gasteiger partial charge >= 0.3 is 6.03 Å². The number of carbonyl (C=O) groups is 1. The standard InChI is InChI=1S/C11H23N5O/c1-3-15(2)11(17)14-9-4-6-16(7-5-9)8-10(12)13/h9H,3-8H2,1-2H3,(H3,12,13)(H,14,17). The summed E-state index contributed by atoms with van der Waals surface area (Å²) in [6, 6.07) is 0.247. The van der Waals surface area contributed by atoms with Crippen LogP contribution in [0.1, 0.15) is 19.8 Å². The van der Waals surface area contributed by atoms with Crippen LogP contribution < -0.4 is 11.1 Å². The number of likely N-dealkylation sites (tertiary alicyclic amines) is 1. The predicted octanol–water partition coefficient (Wildman–Crippen LogP) is 0.0481. The Labute approximate surface area is 103 Å². The van der Waals surface area contributed by atoms with Gasteiger partial charge in [0, 0.05) is 32.7 Å². The first-order valence-corrected chi connectivity index (χ1v) is 6.09. The van der Waals surface area contributed by atoms with Gasteiger partial charge in [0.25, 0.3) is 0 Å². The van der Waals surface area contributed by atoms with Gasteiger partial charge < -0.3 is 16.0 Å². The Hall–Kier alpha value is -1.30. The molecule has 0 spiro atoms. The maximum Gasteiger partial charge on any atom is 0.317 e. The third-order valence-electron chi connectivity index (χ3n) is 3.13. The Balaban J connectivity index is 2.27. The summed E-state index contributed by atoms with van der Waals surface area (Å²) in [7, 11) is 1.79. The van der Waals surface area contributed by atoms with Crippen LogP contribution in [0.25, 0.3) is 0 Å². The van der Waals surface area contributed by atoms with Crippen molar-refractivity contribution >= 4 is 11.9 Å². The zero-order valence-electron chi connectivity index (χ0n) is 10.7. The molecule has 1 heterocycles. The van der Waals surface area contributed by atoms with Crippen molar-refractivity contribution in [3.63, 3.8) is 0 Å². The monoisotopic (exact) mass is 241 g/mol. The van der Waals surface area contributed by atoms with Crippen molar-refractivity contribution < 1.29 is 4.79 Å². The highest BCUT2D eigenvalue weighted by Crippen LogP contribution is 2.10. The van der Waals surface area contributed by atoms with Crippen molar-refractivity contribution in [1.82, 2.24) is 15.1 Å². The van der Waals surface area contributed by atoms with E-state index in [1.54, 1.807) is 11.9 Å². The van der Waals surface area contributed by atoms with Crippen molar-refractivity contribution in [2.45, 2.75) is 25.8 Å². The van der Waals surface area contributed by atoms with Crippen LogP contribution in [0, 0.1) is 5.41 Å². The van der Waals surface area contributed by atoms with Gasteiger partial charge in [0.2, 0.25) is 0 Å². The van der Waals surface area contributed by atoms with Crippen molar-refractivity contribution in [3.05, 3.63) is 0 Å². The van der Waals surface area contributed by atoms with E-state index in [1.165, 1.54) is 0 Å². The van der Waals surface area contributed by atoms with Gasteiger partial charge in [0.15, 0.2) is 0 Å². The van der Waals surface area contributed by atoms with Crippen LogP contribution in [-0.4, -0.2) is 60.9 Å². The molecule has 1 rings (SSSR count). The summed E-state index contributed by atoms with van der Waals surface area (Å²) in [6.07, 6.45) is 1.85. The van der Waals surface area contributed by atoms with E-state index in [0.717, 1.165) is 32.5 Å². The maximum atomic E-state index is 11.6. The van der Waals surface area contributed by atoms with Gasteiger partial charge in [0.1, 0.15) is 5.84 Å². The molecule has 0 saturated carbocycles. The Morgan fingerprint density at radius 2 is 2.12 bits per heavy atom. The van der Waals surface area contributed by atoms with Crippen LogP contribution >= 0.6 is 0 Å². The molecule has 0 aliphatic carbocycles. The van der Waals surface area contributed by atoms with Crippen LogP contribution in [0.2, 0.25) is 0 Å². The van der Waals surface area contributed by atoms with E-state index in [9.17, 15) is 4.79 Å². The Bertz CT molecular complexity index is 273. The molecule has 0 unspecified atom stereocenters. The van der Waals surface area contributed by atoms with Crippen LogP contribution in [0.15, 0.2) is 0 Å². The lowest BCUT2D eigenvalue weighted by Crippen LogP contribution is -2.49. The highest BCUT2D eigenvalue weighted by atomic mass is 16.2. The van der Waals surface area contributed by atoms with Crippen molar-refractivity contribution in [3.8, 4) is 0 Å². The molecule has 0 aromatic rings. The van der Waals surface area contributed by atoms with E-state index in [2.05, 4.69) is 10.2 Å². The van der Waals surface area contributed by atoms with Crippen LogP contribution in [0.5, 0.6) is 0 Å². The Morgan fingerprint density at radius 3 is 2.59 bits per heavy atom. The van der Waals surface area contributed by atoms with Crippen molar-refractivity contribution in [2.24, 2.45) is 5.73 Å². The van der Waals surface area contributed by atoms with Gasteiger partial charge in [-0.3, -0.25) is 10.3 Å². The minimum Gasteiger partial charge on any atom is -0.387 e. The number of amides is 2. The maximum absolute atomic E-state index is 11.6. The van der Waals surface area contributed by atoms with E-state index in [-0.39, 0.29) is 17.9 Å². The lowest BCUT2D eigenvalue weighted by Gasteiger charge is -2.32. The number of urea groups is 1. The number of piperidine rings is 1. The summed E-state index contributed by atoms with van der Waals surface area (Å²) in [6.45, 7) is 4.99. The molecule has 0 radical (unpaired) electrons. The zero-order chi connectivity index (χ0) is 12.8. The first-order chi connectivity index (χ1) is 8.02. The number of amidine groups is 1. The number of hydrogen-bond donors (Lipinski definition) is 3. The minimum atomic E-state index is -0.00230. The summed E-state index contributed by atoms with van der Waals surface area (Å²) in [5.74, 6) is 0.207. The molecular formula is C11H23N5O.